The van der Waals surface area contributed by atoms with E-state index in [4.69, 9.17) is 4.74 Å². The molecule has 28 heavy (non-hydrogen) atoms. The zero-order chi connectivity index (χ0) is 20.1. The summed E-state index contributed by atoms with van der Waals surface area (Å²) < 4.78 is 18.1. The van der Waals surface area contributed by atoms with Crippen molar-refractivity contribution in [1.82, 2.24) is 4.90 Å². The van der Waals surface area contributed by atoms with E-state index in [1.54, 1.807) is 6.92 Å². The molecule has 0 fully saturated rings. The molecule has 1 atom stereocenters. The molecule has 6 heteroatoms. The number of fused-ring (bicyclic) bond motifs is 1. The van der Waals surface area contributed by atoms with Crippen molar-refractivity contribution in [3.05, 3.63) is 71.0 Å². The van der Waals surface area contributed by atoms with E-state index in [0.29, 0.717) is 18.5 Å². The lowest BCUT2D eigenvalue weighted by Crippen LogP contribution is -2.49. The number of ether oxygens (including phenoxy) is 1. The molecular weight excluding hydrogens is 361 g/mol. The molecule has 3 rings (SSSR count). The Morgan fingerprint density at radius 1 is 1.04 bits per heavy atom. The number of carbonyl (C=O) groups is 3. The smallest absolute Gasteiger partial charge is 0.329 e. The number of benzene rings is 2. The Hall–Kier alpha value is -3.02. The van der Waals surface area contributed by atoms with E-state index in [2.05, 4.69) is 0 Å². The number of amides is 1. The summed E-state index contributed by atoms with van der Waals surface area (Å²) >= 11 is 0. The van der Waals surface area contributed by atoms with Gasteiger partial charge in [0.1, 0.15) is 11.9 Å². The van der Waals surface area contributed by atoms with E-state index in [1.165, 1.54) is 29.2 Å². The molecule has 146 valence electrons. The number of esters is 1. The minimum Gasteiger partial charge on any atom is -0.464 e. The second-order valence-electron chi connectivity index (χ2n) is 6.69. The van der Waals surface area contributed by atoms with Crippen LogP contribution in [0.5, 0.6) is 0 Å². The summed E-state index contributed by atoms with van der Waals surface area (Å²) in [6, 6.07) is 12.2. The van der Waals surface area contributed by atoms with Gasteiger partial charge in [0.25, 0.3) is 0 Å². The SMILES string of the molecule is CCOC(=O)C1Cc2ccccc2CN1C(=O)CCC(=O)c1ccc(F)cc1. The van der Waals surface area contributed by atoms with E-state index in [0.717, 1.165) is 11.1 Å². The number of rotatable bonds is 6. The molecule has 0 N–H and O–H groups in total. The number of hydrogen-bond acceptors (Lipinski definition) is 4. The second kappa shape index (κ2) is 8.78. The molecule has 5 nitrogen and oxygen atoms in total. The summed E-state index contributed by atoms with van der Waals surface area (Å²) in [6.45, 7) is 2.27. The molecule has 1 aliphatic rings. The first-order valence-electron chi connectivity index (χ1n) is 9.31. The van der Waals surface area contributed by atoms with Crippen LogP contribution in [0.15, 0.2) is 48.5 Å². The first kappa shape index (κ1) is 19.7. The monoisotopic (exact) mass is 383 g/mol. The summed E-state index contributed by atoms with van der Waals surface area (Å²) in [5.74, 6) is -1.37. The fourth-order valence-corrected chi connectivity index (χ4v) is 3.38. The average molecular weight is 383 g/mol. The molecule has 0 spiro atoms. The summed E-state index contributed by atoms with van der Waals surface area (Å²) in [4.78, 5) is 39.0. The van der Waals surface area contributed by atoms with Crippen molar-refractivity contribution in [3.63, 3.8) is 0 Å². The molecule has 0 radical (unpaired) electrons. The van der Waals surface area contributed by atoms with Crippen LogP contribution in [-0.2, 0) is 27.3 Å². The number of halogens is 1. The zero-order valence-electron chi connectivity index (χ0n) is 15.7. The number of ketones is 1. The van der Waals surface area contributed by atoms with Crippen molar-refractivity contribution in [2.24, 2.45) is 0 Å². The van der Waals surface area contributed by atoms with Gasteiger partial charge in [-0.25, -0.2) is 9.18 Å². The maximum atomic E-state index is 13.0. The van der Waals surface area contributed by atoms with Crippen molar-refractivity contribution in [2.75, 3.05) is 6.61 Å². The molecule has 0 saturated carbocycles. The molecule has 1 heterocycles. The van der Waals surface area contributed by atoms with Crippen molar-refractivity contribution in [3.8, 4) is 0 Å². The lowest BCUT2D eigenvalue weighted by molar-refractivity contribution is -0.156. The summed E-state index contributed by atoms with van der Waals surface area (Å²) in [7, 11) is 0. The highest BCUT2D eigenvalue weighted by atomic mass is 19.1. The molecule has 0 saturated heterocycles. The van der Waals surface area contributed by atoms with Crippen molar-refractivity contribution in [1.29, 1.82) is 0 Å². The predicted octanol–water partition coefficient (Wildman–Crippen LogP) is 3.31. The lowest BCUT2D eigenvalue weighted by Gasteiger charge is -2.35. The Kier molecular flexibility index (Phi) is 6.19. The van der Waals surface area contributed by atoms with Crippen LogP contribution in [0, 0.1) is 5.82 Å². The third-order valence-electron chi connectivity index (χ3n) is 4.86. The van der Waals surface area contributed by atoms with Crippen LogP contribution < -0.4 is 0 Å². The van der Waals surface area contributed by atoms with Gasteiger partial charge in [-0.3, -0.25) is 9.59 Å². The van der Waals surface area contributed by atoms with Crippen molar-refractivity contribution >= 4 is 17.7 Å². The van der Waals surface area contributed by atoms with Gasteiger partial charge < -0.3 is 9.64 Å². The Morgan fingerprint density at radius 3 is 2.39 bits per heavy atom. The molecule has 0 bridgehead atoms. The highest BCUT2D eigenvalue weighted by molar-refractivity contribution is 5.98. The summed E-state index contributed by atoms with van der Waals surface area (Å²) in [5, 5.41) is 0. The molecule has 1 unspecified atom stereocenters. The number of hydrogen-bond donors (Lipinski definition) is 0. The van der Waals surface area contributed by atoms with Gasteiger partial charge in [0.2, 0.25) is 5.91 Å². The molecule has 1 amide bonds. The molecular formula is C22H22FNO4. The highest BCUT2D eigenvalue weighted by Gasteiger charge is 2.35. The van der Waals surface area contributed by atoms with E-state index >= 15 is 0 Å². The lowest BCUT2D eigenvalue weighted by atomic mass is 9.93. The van der Waals surface area contributed by atoms with Gasteiger partial charge >= 0.3 is 5.97 Å². The number of carbonyl (C=O) groups excluding carboxylic acids is 3. The van der Waals surface area contributed by atoms with Gasteiger partial charge in [0.15, 0.2) is 5.78 Å². The zero-order valence-corrected chi connectivity index (χ0v) is 15.7. The number of nitrogens with zero attached hydrogens (tertiary/aromatic N) is 1. The quantitative estimate of drug-likeness (QED) is 0.567. The highest BCUT2D eigenvalue weighted by Crippen LogP contribution is 2.25. The molecule has 0 aliphatic carbocycles. The maximum absolute atomic E-state index is 13.0. The van der Waals surface area contributed by atoms with Gasteiger partial charge in [-0.1, -0.05) is 24.3 Å². The van der Waals surface area contributed by atoms with Gasteiger partial charge in [-0.05, 0) is 42.3 Å². The molecule has 0 aromatic heterocycles. The fourth-order valence-electron chi connectivity index (χ4n) is 3.38. The van der Waals surface area contributed by atoms with Crippen LogP contribution in [0.25, 0.3) is 0 Å². The Balaban J connectivity index is 1.71. The van der Waals surface area contributed by atoms with Gasteiger partial charge in [-0.15, -0.1) is 0 Å². The van der Waals surface area contributed by atoms with E-state index in [9.17, 15) is 18.8 Å². The third kappa shape index (κ3) is 4.44. The van der Waals surface area contributed by atoms with Gasteiger partial charge in [0, 0.05) is 31.4 Å². The van der Waals surface area contributed by atoms with Crippen LogP contribution in [0.3, 0.4) is 0 Å². The predicted molar refractivity (Wildman–Crippen MR) is 101 cm³/mol. The topological polar surface area (TPSA) is 63.7 Å². The van der Waals surface area contributed by atoms with Crippen molar-refractivity contribution in [2.45, 2.75) is 38.8 Å². The van der Waals surface area contributed by atoms with E-state index in [1.807, 2.05) is 24.3 Å². The van der Waals surface area contributed by atoms with Crippen LogP contribution in [0.4, 0.5) is 4.39 Å². The van der Waals surface area contributed by atoms with Crippen LogP contribution >= 0.6 is 0 Å². The standard InChI is InChI=1S/C22H22FNO4/c1-2-28-22(27)19-13-16-5-3-4-6-17(16)14-24(19)21(26)12-11-20(25)15-7-9-18(23)10-8-15/h3-10,19H,2,11-14H2,1H3. The minimum atomic E-state index is -0.691. The van der Waals surface area contributed by atoms with Crippen LogP contribution in [0.2, 0.25) is 0 Å². The van der Waals surface area contributed by atoms with Crippen LogP contribution in [-0.4, -0.2) is 35.2 Å². The first-order chi connectivity index (χ1) is 13.5. The van der Waals surface area contributed by atoms with Crippen molar-refractivity contribution < 1.29 is 23.5 Å². The molecule has 2 aromatic carbocycles. The van der Waals surface area contributed by atoms with Gasteiger partial charge in [0.05, 0.1) is 6.61 Å². The average Bonchev–Trinajstić information content (AvgIpc) is 2.71. The maximum Gasteiger partial charge on any atom is 0.329 e. The summed E-state index contributed by atoms with van der Waals surface area (Å²) in [5.41, 5.74) is 2.37. The van der Waals surface area contributed by atoms with E-state index in [-0.39, 0.29) is 31.1 Å². The van der Waals surface area contributed by atoms with Gasteiger partial charge in [-0.2, -0.15) is 0 Å². The Morgan fingerprint density at radius 2 is 1.71 bits per heavy atom. The molecule has 1 aliphatic heterocycles. The fraction of sp³-hybridized carbons (Fsp3) is 0.318. The third-order valence-corrected chi connectivity index (χ3v) is 4.86. The second-order valence-corrected chi connectivity index (χ2v) is 6.69. The normalized spacial score (nSPS) is 15.6. The summed E-state index contributed by atoms with van der Waals surface area (Å²) in [6.07, 6.45) is 0.374. The van der Waals surface area contributed by atoms with Crippen LogP contribution in [0.1, 0.15) is 41.3 Å². The first-order valence-corrected chi connectivity index (χ1v) is 9.31. The molecule has 2 aromatic rings. The largest absolute Gasteiger partial charge is 0.464 e. The van der Waals surface area contributed by atoms with E-state index < -0.39 is 17.8 Å². The Labute approximate surface area is 163 Å². The Bertz CT molecular complexity index is 878. The minimum absolute atomic E-state index is 0.00183. The number of Topliss-reactive ketones (excluding diaryl/α,β-unsaturated/α-hetero) is 1.